The molecule has 0 heterocycles. The molecule has 8 heteroatoms. The molecule has 0 aliphatic heterocycles. The van der Waals surface area contributed by atoms with Gasteiger partial charge in [0, 0.05) is 17.8 Å². The number of nitro benzene ring substituents is 1. The molecule has 27 heavy (non-hydrogen) atoms. The summed E-state index contributed by atoms with van der Waals surface area (Å²) in [7, 11) is 0. The summed E-state index contributed by atoms with van der Waals surface area (Å²) in [5.74, 6) is -0.489. The largest absolute Gasteiger partial charge is 0.481 e. The third-order valence-electron chi connectivity index (χ3n) is 3.90. The summed E-state index contributed by atoms with van der Waals surface area (Å²) in [6.45, 7) is 5.11. The minimum absolute atomic E-state index is 0.0670. The summed E-state index contributed by atoms with van der Waals surface area (Å²) >= 11 is 0. The van der Waals surface area contributed by atoms with Crippen molar-refractivity contribution in [2.75, 3.05) is 11.9 Å². The predicted molar refractivity (Wildman–Crippen MR) is 101 cm³/mol. The Hall–Kier alpha value is -3.42. The summed E-state index contributed by atoms with van der Waals surface area (Å²) in [6.07, 6.45) is -0.862. The van der Waals surface area contributed by atoms with Crippen molar-refractivity contribution in [3.05, 3.63) is 63.7 Å². The van der Waals surface area contributed by atoms with Gasteiger partial charge in [0.1, 0.15) is 5.75 Å². The van der Waals surface area contributed by atoms with Crippen LogP contribution in [0.4, 0.5) is 11.4 Å². The van der Waals surface area contributed by atoms with E-state index in [1.165, 1.54) is 31.2 Å². The van der Waals surface area contributed by atoms with Gasteiger partial charge in [-0.05, 0) is 44.0 Å². The Morgan fingerprint density at radius 2 is 1.70 bits per heavy atom. The molecule has 0 bridgehead atoms. The number of aryl methyl sites for hydroxylation is 2. The second-order valence-corrected chi connectivity index (χ2v) is 6.04. The molecule has 0 unspecified atom stereocenters. The van der Waals surface area contributed by atoms with Gasteiger partial charge in [0.15, 0.2) is 6.10 Å². The molecule has 0 fully saturated rings. The molecule has 8 nitrogen and oxygen atoms in total. The van der Waals surface area contributed by atoms with Crippen LogP contribution >= 0.6 is 0 Å². The average Bonchev–Trinajstić information content (AvgIpc) is 2.63. The molecule has 0 spiro atoms. The van der Waals surface area contributed by atoms with E-state index in [4.69, 9.17) is 4.74 Å². The number of nitrogens with one attached hydrogen (secondary N) is 2. The van der Waals surface area contributed by atoms with Gasteiger partial charge >= 0.3 is 0 Å². The maximum atomic E-state index is 12.1. The van der Waals surface area contributed by atoms with Gasteiger partial charge in [0.05, 0.1) is 11.5 Å². The fourth-order valence-corrected chi connectivity index (χ4v) is 2.41. The molecular formula is C19H21N3O5. The fourth-order valence-electron chi connectivity index (χ4n) is 2.41. The molecule has 2 amide bonds. The normalized spacial score (nSPS) is 11.4. The van der Waals surface area contributed by atoms with Crippen LogP contribution in [0.15, 0.2) is 42.5 Å². The number of benzene rings is 2. The third-order valence-corrected chi connectivity index (χ3v) is 3.90. The Labute approximate surface area is 156 Å². The van der Waals surface area contributed by atoms with Crippen molar-refractivity contribution in [2.45, 2.75) is 26.9 Å². The van der Waals surface area contributed by atoms with Crippen molar-refractivity contribution >= 4 is 23.2 Å². The molecule has 0 aliphatic rings. The fraction of sp³-hybridized carbons (Fsp3) is 0.263. The van der Waals surface area contributed by atoms with Crippen molar-refractivity contribution in [2.24, 2.45) is 0 Å². The number of nitrogens with zero attached hydrogens (tertiary/aromatic N) is 1. The SMILES string of the molecule is Cc1cccc(C)c1NC(=O)CNC(=O)[C@@H](C)Oc1ccc([N+](=O)[O-])cc1. The number of carbonyl (C=O) groups excluding carboxylic acids is 2. The van der Waals surface area contributed by atoms with Crippen LogP contribution < -0.4 is 15.4 Å². The van der Waals surface area contributed by atoms with Gasteiger partial charge in [-0.15, -0.1) is 0 Å². The first-order valence-corrected chi connectivity index (χ1v) is 8.33. The highest BCUT2D eigenvalue weighted by Gasteiger charge is 2.17. The van der Waals surface area contributed by atoms with Crippen LogP contribution in [0.3, 0.4) is 0 Å². The first kappa shape index (κ1) is 19.9. The van der Waals surface area contributed by atoms with Crippen molar-refractivity contribution in [3.63, 3.8) is 0 Å². The first-order chi connectivity index (χ1) is 12.8. The van der Waals surface area contributed by atoms with Crippen molar-refractivity contribution in [1.82, 2.24) is 5.32 Å². The topological polar surface area (TPSA) is 111 Å². The number of hydrogen-bond donors (Lipinski definition) is 2. The smallest absolute Gasteiger partial charge is 0.269 e. The molecule has 2 N–H and O–H groups in total. The van der Waals surface area contributed by atoms with Crippen LogP contribution in [-0.4, -0.2) is 29.4 Å². The van der Waals surface area contributed by atoms with Crippen molar-refractivity contribution < 1.29 is 19.2 Å². The zero-order valence-corrected chi connectivity index (χ0v) is 15.3. The Bertz CT molecular complexity index is 829. The summed E-state index contributed by atoms with van der Waals surface area (Å²) in [4.78, 5) is 34.3. The molecule has 0 aliphatic carbocycles. The van der Waals surface area contributed by atoms with Gasteiger partial charge in [-0.1, -0.05) is 18.2 Å². The van der Waals surface area contributed by atoms with E-state index in [-0.39, 0.29) is 18.1 Å². The highest BCUT2D eigenvalue weighted by molar-refractivity contribution is 5.96. The molecule has 142 valence electrons. The van der Waals surface area contributed by atoms with E-state index in [1.54, 1.807) is 0 Å². The second kappa shape index (κ2) is 8.79. The van der Waals surface area contributed by atoms with Crippen LogP contribution in [0.25, 0.3) is 0 Å². The summed E-state index contributed by atoms with van der Waals surface area (Å²) < 4.78 is 5.43. The number of hydrogen-bond acceptors (Lipinski definition) is 5. The van der Waals surface area contributed by atoms with Gasteiger partial charge in [-0.2, -0.15) is 0 Å². The Morgan fingerprint density at radius 3 is 2.26 bits per heavy atom. The lowest BCUT2D eigenvalue weighted by atomic mass is 10.1. The molecule has 2 aromatic rings. The van der Waals surface area contributed by atoms with Crippen LogP contribution in [0.1, 0.15) is 18.1 Å². The molecule has 2 aromatic carbocycles. The lowest BCUT2D eigenvalue weighted by Crippen LogP contribution is -2.40. The van der Waals surface area contributed by atoms with Crippen LogP contribution in [0.5, 0.6) is 5.75 Å². The first-order valence-electron chi connectivity index (χ1n) is 8.33. The number of rotatable bonds is 7. The van der Waals surface area contributed by atoms with E-state index < -0.39 is 16.9 Å². The zero-order valence-electron chi connectivity index (χ0n) is 15.3. The minimum atomic E-state index is -0.862. The molecule has 0 saturated heterocycles. The zero-order chi connectivity index (χ0) is 20.0. The number of amides is 2. The van der Waals surface area contributed by atoms with E-state index >= 15 is 0 Å². The van der Waals surface area contributed by atoms with E-state index in [9.17, 15) is 19.7 Å². The van der Waals surface area contributed by atoms with Gasteiger partial charge < -0.3 is 15.4 Å². The van der Waals surface area contributed by atoms with E-state index in [0.717, 1.165) is 16.8 Å². The molecule has 0 saturated carbocycles. The summed E-state index contributed by atoms with van der Waals surface area (Å²) in [5.41, 5.74) is 2.53. The lowest BCUT2D eigenvalue weighted by molar-refractivity contribution is -0.384. The quantitative estimate of drug-likeness (QED) is 0.574. The number of para-hydroxylation sites is 1. The number of carbonyl (C=O) groups is 2. The number of non-ortho nitro benzene ring substituents is 1. The maximum Gasteiger partial charge on any atom is 0.269 e. The molecular weight excluding hydrogens is 350 g/mol. The van der Waals surface area contributed by atoms with E-state index in [0.29, 0.717) is 5.75 Å². The molecule has 0 aromatic heterocycles. The maximum absolute atomic E-state index is 12.1. The Balaban J connectivity index is 1.85. The van der Waals surface area contributed by atoms with Crippen molar-refractivity contribution in [1.29, 1.82) is 0 Å². The van der Waals surface area contributed by atoms with Crippen LogP contribution in [-0.2, 0) is 9.59 Å². The lowest BCUT2D eigenvalue weighted by Gasteiger charge is -2.15. The summed E-state index contributed by atoms with van der Waals surface area (Å²) in [6, 6.07) is 11.1. The highest BCUT2D eigenvalue weighted by Crippen LogP contribution is 2.19. The van der Waals surface area contributed by atoms with Crippen LogP contribution in [0, 0.1) is 24.0 Å². The van der Waals surface area contributed by atoms with Gasteiger partial charge in [-0.3, -0.25) is 19.7 Å². The molecule has 0 radical (unpaired) electrons. The van der Waals surface area contributed by atoms with E-state index in [1.807, 2.05) is 32.0 Å². The van der Waals surface area contributed by atoms with Gasteiger partial charge in [0.2, 0.25) is 5.91 Å². The third kappa shape index (κ3) is 5.53. The Morgan fingerprint density at radius 1 is 1.11 bits per heavy atom. The number of nitro groups is 1. The van der Waals surface area contributed by atoms with Crippen molar-refractivity contribution in [3.8, 4) is 5.75 Å². The van der Waals surface area contributed by atoms with Gasteiger partial charge in [-0.25, -0.2) is 0 Å². The Kier molecular flexibility index (Phi) is 6.48. The second-order valence-electron chi connectivity index (χ2n) is 6.04. The predicted octanol–water partition coefficient (Wildman–Crippen LogP) is 2.73. The number of ether oxygens (including phenoxy) is 1. The standard InChI is InChI=1S/C19H21N3O5/c1-12-5-4-6-13(2)18(12)21-17(23)11-20-19(24)14(3)27-16-9-7-15(8-10-16)22(25)26/h4-10,14H,11H2,1-3H3,(H,20,24)(H,21,23)/t14-/m1/s1. The average molecular weight is 371 g/mol. The number of anilines is 1. The molecule has 2 rings (SSSR count). The summed E-state index contributed by atoms with van der Waals surface area (Å²) in [5, 5.41) is 15.9. The monoisotopic (exact) mass is 371 g/mol. The molecule has 1 atom stereocenters. The van der Waals surface area contributed by atoms with Crippen LogP contribution in [0.2, 0.25) is 0 Å². The van der Waals surface area contributed by atoms with E-state index in [2.05, 4.69) is 10.6 Å². The minimum Gasteiger partial charge on any atom is -0.481 e. The van der Waals surface area contributed by atoms with Gasteiger partial charge in [0.25, 0.3) is 11.6 Å². The highest BCUT2D eigenvalue weighted by atomic mass is 16.6.